The molecule has 0 bridgehead atoms. The number of benzene rings is 4. The van der Waals surface area contributed by atoms with Crippen molar-refractivity contribution in [2.45, 2.75) is 32.7 Å². The number of carbonyl (C=O) groups is 2. The topological polar surface area (TPSA) is 76.1 Å². The monoisotopic (exact) mass is 551 g/mol. The predicted octanol–water partition coefficient (Wildman–Crippen LogP) is 7.77. The minimum Gasteiger partial charge on any atom is -0.507 e. The lowest BCUT2D eigenvalue weighted by Crippen LogP contribution is -2.29. The molecule has 0 aromatic heterocycles. The van der Waals surface area contributed by atoms with Gasteiger partial charge in [-0.1, -0.05) is 50.2 Å². The molecule has 5 rings (SSSR count). The SMILES string of the molecule is CCOc1ccc(/C(O)=C2\C(=O)C(=O)N(c3cccc(F)c3)C2c2cccc(Oc3ccccc3)c2)cc1C(C)C. The van der Waals surface area contributed by atoms with E-state index in [1.807, 2.05) is 51.1 Å². The highest BCUT2D eigenvalue weighted by molar-refractivity contribution is 6.51. The van der Waals surface area contributed by atoms with Crippen LogP contribution in [-0.4, -0.2) is 23.4 Å². The van der Waals surface area contributed by atoms with E-state index in [2.05, 4.69) is 0 Å². The van der Waals surface area contributed by atoms with Gasteiger partial charge in [-0.25, -0.2) is 4.39 Å². The fourth-order valence-electron chi connectivity index (χ4n) is 5.00. The Bertz CT molecular complexity index is 1630. The van der Waals surface area contributed by atoms with Crippen molar-refractivity contribution in [3.05, 3.63) is 125 Å². The van der Waals surface area contributed by atoms with Gasteiger partial charge in [-0.05, 0) is 84.6 Å². The van der Waals surface area contributed by atoms with Gasteiger partial charge in [0.05, 0.1) is 18.2 Å². The average molecular weight is 552 g/mol. The molecule has 1 N–H and O–H groups in total. The first kappa shape index (κ1) is 27.6. The van der Waals surface area contributed by atoms with E-state index >= 15 is 0 Å². The number of aliphatic hydroxyl groups is 1. The van der Waals surface area contributed by atoms with Gasteiger partial charge < -0.3 is 14.6 Å². The number of rotatable bonds is 8. The molecule has 1 amide bonds. The molecule has 7 heteroatoms. The van der Waals surface area contributed by atoms with Crippen molar-refractivity contribution in [2.24, 2.45) is 0 Å². The molecule has 1 aliphatic heterocycles. The molecule has 0 aliphatic carbocycles. The Kier molecular flexibility index (Phi) is 7.88. The third-order valence-corrected chi connectivity index (χ3v) is 6.89. The predicted molar refractivity (Wildman–Crippen MR) is 156 cm³/mol. The lowest BCUT2D eigenvalue weighted by Gasteiger charge is -2.26. The maximum atomic E-state index is 14.3. The van der Waals surface area contributed by atoms with Gasteiger partial charge in [0.2, 0.25) is 0 Å². The number of aliphatic hydroxyl groups excluding tert-OH is 1. The molecule has 1 unspecified atom stereocenters. The number of amides is 1. The first-order valence-electron chi connectivity index (χ1n) is 13.4. The minimum atomic E-state index is -1.04. The maximum absolute atomic E-state index is 14.3. The number of anilines is 1. The molecule has 1 atom stereocenters. The second-order valence-corrected chi connectivity index (χ2v) is 9.98. The van der Waals surface area contributed by atoms with Crippen LogP contribution in [-0.2, 0) is 9.59 Å². The van der Waals surface area contributed by atoms with Crippen LogP contribution < -0.4 is 14.4 Å². The number of halogens is 1. The van der Waals surface area contributed by atoms with Crippen LogP contribution in [0.4, 0.5) is 10.1 Å². The summed E-state index contributed by atoms with van der Waals surface area (Å²) in [4.78, 5) is 28.3. The lowest BCUT2D eigenvalue weighted by molar-refractivity contribution is -0.132. The van der Waals surface area contributed by atoms with Crippen molar-refractivity contribution in [3.8, 4) is 17.2 Å². The van der Waals surface area contributed by atoms with E-state index in [9.17, 15) is 19.1 Å². The highest BCUT2D eigenvalue weighted by Gasteiger charge is 2.47. The summed E-state index contributed by atoms with van der Waals surface area (Å²) in [5, 5.41) is 11.6. The van der Waals surface area contributed by atoms with Gasteiger partial charge in [0, 0.05) is 11.3 Å². The van der Waals surface area contributed by atoms with Gasteiger partial charge in [0.1, 0.15) is 28.8 Å². The summed E-state index contributed by atoms with van der Waals surface area (Å²) in [5.41, 5.74) is 1.83. The van der Waals surface area contributed by atoms with Crippen LogP contribution in [0.3, 0.4) is 0 Å². The Hall–Kier alpha value is -4.91. The Morgan fingerprint density at radius 2 is 1.63 bits per heavy atom. The largest absolute Gasteiger partial charge is 0.507 e. The molecule has 4 aromatic carbocycles. The van der Waals surface area contributed by atoms with E-state index in [1.54, 1.807) is 48.5 Å². The molecular weight excluding hydrogens is 521 g/mol. The summed E-state index contributed by atoms with van der Waals surface area (Å²) in [7, 11) is 0. The molecule has 0 saturated carbocycles. The van der Waals surface area contributed by atoms with Crippen LogP contribution >= 0.6 is 0 Å². The van der Waals surface area contributed by atoms with E-state index in [-0.39, 0.29) is 22.9 Å². The van der Waals surface area contributed by atoms with Gasteiger partial charge >= 0.3 is 0 Å². The van der Waals surface area contributed by atoms with Gasteiger partial charge in [-0.15, -0.1) is 0 Å². The quantitative estimate of drug-likeness (QED) is 0.138. The van der Waals surface area contributed by atoms with E-state index < -0.39 is 23.5 Å². The van der Waals surface area contributed by atoms with Gasteiger partial charge in [0.15, 0.2) is 0 Å². The Morgan fingerprint density at radius 3 is 2.34 bits per heavy atom. The van der Waals surface area contributed by atoms with Gasteiger partial charge in [-0.2, -0.15) is 0 Å². The Balaban J connectivity index is 1.68. The zero-order chi connectivity index (χ0) is 29.1. The van der Waals surface area contributed by atoms with Crippen LogP contribution in [0, 0.1) is 5.82 Å². The molecule has 0 spiro atoms. The van der Waals surface area contributed by atoms with Crippen LogP contribution in [0.5, 0.6) is 17.2 Å². The molecule has 6 nitrogen and oxygen atoms in total. The normalized spacial score (nSPS) is 16.3. The molecule has 1 saturated heterocycles. The fourth-order valence-corrected chi connectivity index (χ4v) is 5.00. The van der Waals surface area contributed by atoms with E-state index in [0.717, 1.165) is 5.56 Å². The number of para-hydroxylation sites is 1. The molecular formula is C34H30FNO5. The van der Waals surface area contributed by atoms with E-state index in [1.165, 1.54) is 23.1 Å². The van der Waals surface area contributed by atoms with E-state index in [0.29, 0.717) is 35.0 Å². The highest BCUT2D eigenvalue weighted by Crippen LogP contribution is 2.44. The lowest BCUT2D eigenvalue weighted by atomic mass is 9.93. The van der Waals surface area contributed by atoms with Crippen molar-refractivity contribution < 1.29 is 28.6 Å². The zero-order valence-corrected chi connectivity index (χ0v) is 23.0. The van der Waals surface area contributed by atoms with Gasteiger partial charge in [-0.3, -0.25) is 14.5 Å². The molecule has 0 radical (unpaired) electrons. The second kappa shape index (κ2) is 11.7. The summed E-state index contributed by atoms with van der Waals surface area (Å²) in [6, 6.07) is 25.8. The number of hydrogen-bond donors (Lipinski definition) is 1. The minimum absolute atomic E-state index is 0.0709. The van der Waals surface area contributed by atoms with Crippen LogP contribution in [0.25, 0.3) is 5.76 Å². The molecule has 208 valence electrons. The van der Waals surface area contributed by atoms with Crippen LogP contribution in [0.1, 0.15) is 49.4 Å². The average Bonchev–Trinajstić information content (AvgIpc) is 3.23. The van der Waals surface area contributed by atoms with E-state index in [4.69, 9.17) is 9.47 Å². The number of carbonyl (C=O) groups excluding carboxylic acids is 2. The smallest absolute Gasteiger partial charge is 0.300 e. The number of Topliss-reactive ketones (excluding diaryl/α,β-unsaturated/α-hetero) is 1. The van der Waals surface area contributed by atoms with Gasteiger partial charge in [0.25, 0.3) is 11.7 Å². The summed E-state index contributed by atoms with van der Waals surface area (Å²) < 4.78 is 26.1. The zero-order valence-electron chi connectivity index (χ0n) is 23.0. The number of ketones is 1. The fraction of sp³-hybridized carbons (Fsp3) is 0.176. The summed E-state index contributed by atoms with van der Waals surface area (Å²) in [6.45, 7) is 6.37. The molecule has 41 heavy (non-hydrogen) atoms. The molecule has 1 fully saturated rings. The number of hydrogen-bond acceptors (Lipinski definition) is 5. The summed E-state index contributed by atoms with van der Waals surface area (Å²) >= 11 is 0. The van der Waals surface area contributed by atoms with Crippen molar-refractivity contribution in [1.82, 2.24) is 0 Å². The third-order valence-electron chi connectivity index (χ3n) is 6.89. The van der Waals surface area contributed by atoms with Crippen LogP contribution in [0.2, 0.25) is 0 Å². The number of ether oxygens (including phenoxy) is 2. The first-order chi connectivity index (χ1) is 19.8. The third kappa shape index (κ3) is 5.57. The summed E-state index contributed by atoms with van der Waals surface area (Å²) in [6.07, 6.45) is 0. The van der Waals surface area contributed by atoms with Crippen molar-refractivity contribution in [2.75, 3.05) is 11.5 Å². The molecule has 4 aromatic rings. The first-order valence-corrected chi connectivity index (χ1v) is 13.4. The summed E-state index contributed by atoms with van der Waals surface area (Å²) in [5.74, 6) is -0.786. The molecule has 1 aliphatic rings. The standard InChI is InChI=1S/C34H30FNO5/c1-4-40-29-17-16-23(19-28(29)21(2)3)32(37)30-31(36(34(39)33(30)38)25-12-9-11-24(35)20-25)22-10-8-15-27(18-22)41-26-13-6-5-7-14-26/h5-21,31,37H,4H2,1-3H3/b32-30+. The Labute approximate surface area is 238 Å². The molecule has 1 heterocycles. The second-order valence-electron chi connectivity index (χ2n) is 9.98. The Morgan fingerprint density at radius 1 is 0.902 bits per heavy atom. The maximum Gasteiger partial charge on any atom is 0.300 e. The van der Waals surface area contributed by atoms with Crippen molar-refractivity contribution >= 4 is 23.1 Å². The number of nitrogens with zero attached hydrogens (tertiary/aromatic N) is 1. The van der Waals surface area contributed by atoms with Crippen LogP contribution in [0.15, 0.2) is 103 Å². The van der Waals surface area contributed by atoms with Crippen molar-refractivity contribution in [3.63, 3.8) is 0 Å². The highest BCUT2D eigenvalue weighted by atomic mass is 19.1. The van der Waals surface area contributed by atoms with Crippen molar-refractivity contribution in [1.29, 1.82) is 0 Å².